The van der Waals surface area contributed by atoms with Crippen LogP contribution in [0, 0.1) is 5.82 Å². The van der Waals surface area contributed by atoms with E-state index in [-0.39, 0.29) is 27.9 Å². The highest BCUT2D eigenvalue weighted by Gasteiger charge is 2.34. The first-order valence-corrected chi connectivity index (χ1v) is 7.85. The van der Waals surface area contributed by atoms with Gasteiger partial charge in [0.2, 0.25) is 0 Å². The van der Waals surface area contributed by atoms with Crippen LogP contribution in [0.2, 0.25) is 0 Å². The van der Waals surface area contributed by atoms with E-state index in [1.54, 1.807) is 0 Å². The van der Waals surface area contributed by atoms with Gasteiger partial charge in [-0.15, -0.1) is 0 Å². The number of aromatic hydroxyl groups is 1. The number of carbonyl (C=O) groups is 2. The monoisotopic (exact) mass is 372 g/mol. The lowest BCUT2D eigenvalue weighted by Gasteiger charge is -2.28. The molecule has 1 aliphatic heterocycles. The van der Waals surface area contributed by atoms with Crippen molar-refractivity contribution in [3.05, 3.63) is 59.4 Å². The molecule has 0 radical (unpaired) electrons. The van der Waals surface area contributed by atoms with E-state index in [1.165, 1.54) is 49.6 Å². The maximum Gasteiger partial charge on any atom is 0.270 e. The van der Waals surface area contributed by atoms with Gasteiger partial charge in [-0.1, -0.05) is 12.1 Å². The van der Waals surface area contributed by atoms with Crippen LogP contribution in [0.4, 0.5) is 10.1 Å². The fourth-order valence-corrected chi connectivity index (χ4v) is 2.74. The summed E-state index contributed by atoms with van der Waals surface area (Å²) >= 11 is 5.05. The number of nitrogens with one attached hydrogen (secondary N) is 1. The van der Waals surface area contributed by atoms with E-state index in [2.05, 4.69) is 5.32 Å². The van der Waals surface area contributed by atoms with Gasteiger partial charge in [-0.3, -0.25) is 19.8 Å². The third kappa shape index (κ3) is 3.27. The third-order valence-electron chi connectivity index (χ3n) is 3.68. The molecule has 1 aliphatic rings. The minimum absolute atomic E-state index is 0.0726. The molecule has 0 bridgehead atoms. The lowest BCUT2D eigenvalue weighted by atomic mass is 10.1. The van der Waals surface area contributed by atoms with Crippen molar-refractivity contribution in [2.24, 2.45) is 0 Å². The van der Waals surface area contributed by atoms with Crippen LogP contribution in [-0.4, -0.2) is 29.1 Å². The van der Waals surface area contributed by atoms with Gasteiger partial charge in [-0.25, -0.2) is 4.39 Å². The van der Waals surface area contributed by atoms with Crippen LogP contribution in [0.15, 0.2) is 48.0 Å². The molecule has 3 rings (SSSR count). The average Bonchev–Trinajstić information content (AvgIpc) is 2.60. The standard InChI is InChI=1S/C18H13FN2O4S/c1-25-15-8-10(5-6-14(15)22)7-13-16(23)20-18(26)21(17(13)24)12-4-2-3-11(19)9-12/h2-9,22H,1H3,(H,20,23,26)/b13-7+. The van der Waals surface area contributed by atoms with Gasteiger partial charge < -0.3 is 9.84 Å². The summed E-state index contributed by atoms with van der Waals surface area (Å²) in [6.07, 6.45) is 1.34. The van der Waals surface area contributed by atoms with Gasteiger partial charge in [0, 0.05) is 0 Å². The number of amides is 2. The molecule has 132 valence electrons. The van der Waals surface area contributed by atoms with Crippen LogP contribution in [0.5, 0.6) is 11.5 Å². The van der Waals surface area contributed by atoms with Crippen LogP contribution in [-0.2, 0) is 9.59 Å². The van der Waals surface area contributed by atoms with Crippen molar-refractivity contribution in [3.63, 3.8) is 0 Å². The molecule has 1 fully saturated rings. The summed E-state index contributed by atoms with van der Waals surface area (Å²) in [5, 5.41) is 11.9. The molecule has 2 aromatic rings. The third-order valence-corrected chi connectivity index (χ3v) is 3.97. The van der Waals surface area contributed by atoms with Gasteiger partial charge in [0.25, 0.3) is 11.8 Å². The number of thiocarbonyl (C=S) groups is 1. The molecule has 0 saturated carbocycles. The van der Waals surface area contributed by atoms with E-state index < -0.39 is 17.6 Å². The number of anilines is 1. The second-order valence-electron chi connectivity index (χ2n) is 5.37. The summed E-state index contributed by atoms with van der Waals surface area (Å²) in [6, 6.07) is 9.69. The van der Waals surface area contributed by atoms with Gasteiger partial charge in [0.1, 0.15) is 11.4 Å². The molecule has 2 aromatic carbocycles. The van der Waals surface area contributed by atoms with E-state index in [0.717, 1.165) is 11.0 Å². The SMILES string of the molecule is COc1cc(/C=C2\C(=O)NC(=S)N(c3cccc(F)c3)C2=O)ccc1O. The highest BCUT2D eigenvalue weighted by Crippen LogP contribution is 2.28. The van der Waals surface area contributed by atoms with Crippen molar-refractivity contribution < 1.29 is 23.8 Å². The average molecular weight is 372 g/mol. The molecule has 0 atom stereocenters. The van der Waals surface area contributed by atoms with Gasteiger partial charge in [-0.2, -0.15) is 0 Å². The van der Waals surface area contributed by atoms with Crippen molar-refractivity contribution in [3.8, 4) is 11.5 Å². The van der Waals surface area contributed by atoms with E-state index in [0.29, 0.717) is 5.56 Å². The van der Waals surface area contributed by atoms with Crippen molar-refractivity contribution in [2.45, 2.75) is 0 Å². The first-order valence-electron chi connectivity index (χ1n) is 7.44. The summed E-state index contributed by atoms with van der Waals surface area (Å²) in [5.74, 6) is -1.77. The number of benzene rings is 2. The number of ether oxygens (including phenoxy) is 1. The Labute approximate surface area is 153 Å². The van der Waals surface area contributed by atoms with E-state index in [4.69, 9.17) is 17.0 Å². The van der Waals surface area contributed by atoms with Crippen LogP contribution < -0.4 is 15.0 Å². The lowest BCUT2D eigenvalue weighted by Crippen LogP contribution is -2.54. The zero-order chi connectivity index (χ0) is 18.8. The van der Waals surface area contributed by atoms with Gasteiger partial charge in [0.15, 0.2) is 16.6 Å². The number of rotatable bonds is 3. The number of nitrogens with zero attached hydrogens (tertiary/aromatic N) is 1. The highest BCUT2D eigenvalue weighted by molar-refractivity contribution is 7.80. The molecule has 1 heterocycles. The first-order chi connectivity index (χ1) is 12.4. The summed E-state index contributed by atoms with van der Waals surface area (Å²) in [5.41, 5.74) is 0.481. The Kier molecular flexibility index (Phi) is 4.68. The van der Waals surface area contributed by atoms with Crippen molar-refractivity contribution in [1.29, 1.82) is 0 Å². The number of phenols is 1. The minimum atomic E-state index is -0.684. The van der Waals surface area contributed by atoms with Crippen LogP contribution >= 0.6 is 12.2 Å². The molecular weight excluding hydrogens is 359 g/mol. The fourth-order valence-electron chi connectivity index (χ4n) is 2.46. The van der Waals surface area contributed by atoms with Crippen LogP contribution in [0.25, 0.3) is 6.08 Å². The second kappa shape index (κ2) is 6.93. The Morgan fingerprint density at radius 3 is 2.69 bits per heavy atom. The van der Waals surface area contributed by atoms with Crippen molar-refractivity contribution in [2.75, 3.05) is 12.0 Å². The summed E-state index contributed by atoms with van der Waals surface area (Å²) in [6.45, 7) is 0. The molecule has 8 heteroatoms. The Hall–Kier alpha value is -3.26. The number of methoxy groups -OCH3 is 1. The summed E-state index contributed by atoms with van der Waals surface area (Å²) in [4.78, 5) is 26.1. The Balaban J connectivity index is 2.03. The topological polar surface area (TPSA) is 78.9 Å². The highest BCUT2D eigenvalue weighted by atomic mass is 32.1. The van der Waals surface area contributed by atoms with E-state index in [1.807, 2.05) is 0 Å². The van der Waals surface area contributed by atoms with E-state index in [9.17, 15) is 19.1 Å². The second-order valence-corrected chi connectivity index (χ2v) is 5.76. The van der Waals surface area contributed by atoms with Crippen molar-refractivity contribution >= 4 is 40.9 Å². The number of halogens is 1. The predicted octanol–water partition coefficient (Wildman–Crippen LogP) is 2.37. The summed E-state index contributed by atoms with van der Waals surface area (Å²) < 4.78 is 18.5. The van der Waals surface area contributed by atoms with Gasteiger partial charge in [0.05, 0.1) is 12.8 Å². The maximum atomic E-state index is 13.5. The maximum absolute atomic E-state index is 13.5. The molecule has 0 aliphatic carbocycles. The van der Waals surface area contributed by atoms with E-state index >= 15 is 0 Å². The number of hydrogen-bond acceptors (Lipinski definition) is 5. The zero-order valence-corrected chi connectivity index (χ0v) is 14.3. The number of hydrogen-bond donors (Lipinski definition) is 2. The molecule has 2 amide bonds. The Morgan fingerprint density at radius 1 is 1.23 bits per heavy atom. The smallest absolute Gasteiger partial charge is 0.270 e. The zero-order valence-electron chi connectivity index (χ0n) is 13.5. The molecule has 6 nitrogen and oxygen atoms in total. The molecule has 1 saturated heterocycles. The molecule has 0 unspecified atom stereocenters. The lowest BCUT2D eigenvalue weighted by molar-refractivity contribution is -0.122. The molecule has 26 heavy (non-hydrogen) atoms. The van der Waals surface area contributed by atoms with Crippen LogP contribution in [0.1, 0.15) is 5.56 Å². The number of carbonyl (C=O) groups excluding carboxylic acids is 2. The largest absolute Gasteiger partial charge is 0.504 e. The minimum Gasteiger partial charge on any atom is -0.504 e. The molecule has 0 aromatic heterocycles. The first kappa shape index (κ1) is 17.6. The quantitative estimate of drug-likeness (QED) is 0.491. The van der Waals surface area contributed by atoms with Crippen molar-refractivity contribution in [1.82, 2.24) is 5.32 Å². The molecular formula is C18H13FN2O4S. The fraction of sp³-hybridized carbons (Fsp3) is 0.0556. The number of phenolic OH excluding ortho intramolecular Hbond substituents is 1. The summed E-state index contributed by atoms with van der Waals surface area (Å²) in [7, 11) is 1.38. The molecule has 2 N–H and O–H groups in total. The molecule has 0 spiro atoms. The Morgan fingerprint density at radius 2 is 2.00 bits per heavy atom. The van der Waals surface area contributed by atoms with Crippen LogP contribution in [0.3, 0.4) is 0 Å². The van der Waals surface area contributed by atoms with Gasteiger partial charge >= 0.3 is 0 Å². The predicted molar refractivity (Wildman–Crippen MR) is 97.3 cm³/mol. The van der Waals surface area contributed by atoms with Gasteiger partial charge in [-0.05, 0) is 54.2 Å². The Bertz CT molecular complexity index is 958. The normalized spacial score (nSPS) is 16.0.